The average molecular weight is 275 g/mol. The highest BCUT2D eigenvalue weighted by Gasteiger charge is 2.17. The lowest BCUT2D eigenvalue weighted by Gasteiger charge is -2.25. The van der Waals surface area contributed by atoms with Crippen LogP contribution >= 0.6 is 0 Å². The number of nitrogens with one attached hydrogen (secondary N) is 1. The third-order valence-electron chi connectivity index (χ3n) is 3.85. The van der Waals surface area contributed by atoms with E-state index < -0.39 is 0 Å². The smallest absolute Gasteiger partial charge is 0.0958 e. The van der Waals surface area contributed by atoms with E-state index in [-0.39, 0.29) is 0 Å². The van der Waals surface area contributed by atoms with Crippen LogP contribution < -0.4 is 5.32 Å². The minimum Gasteiger partial charge on any atom is -0.385 e. The molecule has 2 rings (SSSR count). The number of para-hydroxylation sites is 2. The van der Waals surface area contributed by atoms with E-state index in [2.05, 4.69) is 46.9 Å². The second-order valence-electron chi connectivity index (χ2n) is 5.31. The first kappa shape index (κ1) is 15.0. The molecule has 2 aromatic rings. The second-order valence-corrected chi connectivity index (χ2v) is 5.31. The van der Waals surface area contributed by atoms with Gasteiger partial charge in [0, 0.05) is 26.3 Å². The molecule has 1 heterocycles. The monoisotopic (exact) mass is 275 g/mol. The Kier molecular flexibility index (Phi) is 5.56. The quantitative estimate of drug-likeness (QED) is 0.805. The second kappa shape index (κ2) is 7.41. The zero-order valence-electron chi connectivity index (χ0n) is 12.7. The Morgan fingerprint density at radius 3 is 2.90 bits per heavy atom. The van der Waals surface area contributed by atoms with Crippen LogP contribution in [0.15, 0.2) is 30.6 Å². The fourth-order valence-corrected chi connectivity index (χ4v) is 2.58. The van der Waals surface area contributed by atoms with Gasteiger partial charge in [-0.3, -0.25) is 0 Å². The van der Waals surface area contributed by atoms with Crippen molar-refractivity contribution in [2.75, 3.05) is 20.3 Å². The van der Waals surface area contributed by atoms with E-state index in [0.717, 1.165) is 31.6 Å². The molecule has 0 amide bonds. The number of aromatic nitrogens is 2. The highest BCUT2D eigenvalue weighted by Crippen LogP contribution is 2.16. The molecule has 0 radical (unpaired) electrons. The standard InChI is InChI=1S/C16H25N3O/c1-4-17-15(13(2)9-10-20-3)11-19-12-18-14-7-5-6-8-16(14)19/h5-8,12-13,15,17H,4,9-11H2,1-3H3. The molecule has 2 atom stereocenters. The Morgan fingerprint density at radius 1 is 1.35 bits per heavy atom. The Balaban J connectivity index is 2.10. The fourth-order valence-electron chi connectivity index (χ4n) is 2.58. The summed E-state index contributed by atoms with van der Waals surface area (Å²) in [6.45, 7) is 7.18. The lowest BCUT2D eigenvalue weighted by atomic mass is 9.98. The van der Waals surface area contributed by atoms with Gasteiger partial charge in [0.15, 0.2) is 0 Å². The Bertz CT molecular complexity index is 523. The van der Waals surface area contributed by atoms with Crippen molar-refractivity contribution in [3.05, 3.63) is 30.6 Å². The third-order valence-corrected chi connectivity index (χ3v) is 3.85. The summed E-state index contributed by atoms with van der Waals surface area (Å²) in [4.78, 5) is 4.46. The topological polar surface area (TPSA) is 39.1 Å². The molecular weight excluding hydrogens is 250 g/mol. The molecule has 4 nitrogen and oxygen atoms in total. The minimum absolute atomic E-state index is 0.438. The highest BCUT2D eigenvalue weighted by atomic mass is 16.5. The number of ether oxygens (including phenoxy) is 1. The molecule has 0 spiro atoms. The first-order valence-corrected chi connectivity index (χ1v) is 7.38. The molecule has 20 heavy (non-hydrogen) atoms. The largest absolute Gasteiger partial charge is 0.385 e. The van der Waals surface area contributed by atoms with Gasteiger partial charge in [0.2, 0.25) is 0 Å². The van der Waals surface area contributed by atoms with E-state index in [9.17, 15) is 0 Å². The minimum atomic E-state index is 0.438. The van der Waals surface area contributed by atoms with Gasteiger partial charge in [-0.25, -0.2) is 4.98 Å². The number of nitrogens with zero attached hydrogens (tertiary/aromatic N) is 2. The van der Waals surface area contributed by atoms with Crippen LogP contribution in [0.4, 0.5) is 0 Å². The Hall–Kier alpha value is -1.39. The summed E-state index contributed by atoms with van der Waals surface area (Å²) in [5.41, 5.74) is 2.27. The summed E-state index contributed by atoms with van der Waals surface area (Å²) in [5.74, 6) is 0.566. The first-order chi connectivity index (χ1) is 9.76. The fraction of sp³-hybridized carbons (Fsp3) is 0.562. The number of imidazole rings is 1. The summed E-state index contributed by atoms with van der Waals surface area (Å²) in [7, 11) is 1.76. The van der Waals surface area contributed by atoms with Gasteiger partial charge in [-0.05, 0) is 31.0 Å². The molecular formula is C16H25N3O. The van der Waals surface area contributed by atoms with Crippen LogP contribution in [0, 0.1) is 5.92 Å². The zero-order chi connectivity index (χ0) is 14.4. The number of fused-ring (bicyclic) bond motifs is 1. The van der Waals surface area contributed by atoms with Gasteiger partial charge < -0.3 is 14.6 Å². The number of rotatable bonds is 8. The zero-order valence-corrected chi connectivity index (χ0v) is 12.7. The number of benzene rings is 1. The summed E-state index contributed by atoms with van der Waals surface area (Å²) in [6.07, 6.45) is 3.01. The maximum Gasteiger partial charge on any atom is 0.0958 e. The molecule has 0 aliphatic rings. The van der Waals surface area contributed by atoms with Crippen LogP contribution in [-0.2, 0) is 11.3 Å². The van der Waals surface area contributed by atoms with Crippen molar-refractivity contribution in [2.24, 2.45) is 5.92 Å². The van der Waals surface area contributed by atoms with Gasteiger partial charge in [0.05, 0.1) is 17.4 Å². The van der Waals surface area contributed by atoms with Crippen LogP contribution in [0.3, 0.4) is 0 Å². The van der Waals surface area contributed by atoms with Gasteiger partial charge in [0.25, 0.3) is 0 Å². The maximum absolute atomic E-state index is 5.20. The first-order valence-electron chi connectivity index (χ1n) is 7.38. The van der Waals surface area contributed by atoms with Gasteiger partial charge in [-0.2, -0.15) is 0 Å². The van der Waals surface area contributed by atoms with Crippen LogP contribution in [-0.4, -0.2) is 35.9 Å². The molecule has 0 saturated carbocycles. The molecule has 0 fully saturated rings. The number of hydrogen-bond acceptors (Lipinski definition) is 3. The summed E-state index contributed by atoms with van der Waals surface area (Å²) >= 11 is 0. The molecule has 1 aromatic heterocycles. The van der Waals surface area contributed by atoms with E-state index in [1.165, 1.54) is 5.52 Å². The molecule has 0 aliphatic carbocycles. The number of hydrogen-bond donors (Lipinski definition) is 1. The SMILES string of the molecule is CCNC(Cn1cnc2ccccc21)C(C)CCOC. The van der Waals surface area contributed by atoms with Crippen molar-refractivity contribution < 1.29 is 4.74 Å². The normalized spacial score (nSPS) is 14.6. The molecule has 0 aliphatic heterocycles. The van der Waals surface area contributed by atoms with E-state index >= 15 is 0 Å². The molecule has 110 valence electrons. The van der Waals surface area contributed by atoms with Gasteiger partial charge >= 0.3 is 0 Å². The summed E-state index contributed by atoms with van der Waals surface area (Å²) in [6, 6.07) is 8.72. The summed E-state index contributed by atoms with van der Waals surface area (Å²) < 4.78 is 7.44. The van der Waals surface area contributed by atoms with Crippen molar-refractivity contribution in [3.8, 4) is 0 Å². The summed E-state index contributed by atoms with van der Waals surface area (Å²) in [5, 5.41) is 3.59. The van der Waals surface area contributed by atoms with E-state index in [0.29, 0.717) is 12.0 Å². The molecule has 4 heteroatoms. The lowest BCUT2D eigenvalue weighted by Crippen LogP contribution is -2.38. The van der Waals surface area contributed by atoms with Crippen LogP contribution in [0.25, 0.3) is 11.0 Å². The predicted molar refractivity (Wildman–Crippen MR) is 82.9 cm³/mol. The van der Waals surface area contributed by atoms with Gasteiger partial charge in [-0.15, -0.1) is 0 Å². The molecule has 1 N–H and O–H groups in total. The van der Waals surface area contributed by atoms with E-state index in [1.54, 1.807) is 7.11 Å². The van der Waals surface area contributed by atoms with Crippen molar-refractivity contribution in [1.82, 2.24) is 14.9 Å². The lowest BCUT2D eigenvalue weighted by molar-refractivity contribution is 0.167. The average Bonchev–Trinajstić information content (AvgIpc) is 2.87. The molecule has 0 bridgehead atoms. The van der Waals surface area contributed by atoms with Crippen LogP contribution in [0.5, 0.6) is 0 Å². The van der Waals surface area contributed by atoms with E-state index in [4.69, 9.17) is 4.74 Å². The van der Waals surface area contributed by atoms with Crippen molar-refractivity contribution in [3.63, 3.8) is 0 Å². The number of likely N-dealkylation sites (N-methyl/N-ethyl adjacent to an activating group) is 1. The van der Waals surface area contributed by atoms with Gasteiger partial charge in [0.1, 0.15) is 0 Å². The predicted octanol–water partition coefficient (Wildman–Crippen LogP) is 2.69. The van der Waals surface area contributed by atoms with Crippen molar-refractivity contribution in [2.45, 2.75) is 32.9 Å². The van der Waals surface area contributed by atoms with Crippen LogP contribution in [0.2, 0.25) is 0 Å². The molecule has 2 unspecified atom stereocenters. The Morgan fingerprint density at radius 2 is 2.15 bits per heavy atom. The Labute approximate surface area is 121 Å². The van der Waals surface area contributed by atoms with E-state index in [1.807, 2.05) is 12.4 Å². The van der Waals surface area contributed by atoms with Crippen LogP contribution in [0.1, 0.15) is 20.3 Å². The molecule has 0 saturated heterocycles. The van der Waals surface area contributed by atoms with Crippen molar-refractivity contribution in [1.29, 1.82) is 0 Å². The third kappa shape index (κ3) is 3.58. The van der Waals surface area contributed by atoms with Crippen molar-refractivity contribution >= 4 is 11.0 Å². The highest BCUT2D eigenvalue weighted by molar-refractivity contribution is 5.74. The maximum atomic E-state index is 5.20. The number of methoxy groups -OCH3 is 1. The van der Waals surface area contributed by atoms with Gasteiger partial charge in [-0.1, -0.05) is 26.0 Å². The molecule has 1 aromatic carbocycles.